The molecule has 0 spiro atoms. The number of aliphatic hydroxyl groups is 1. The van der Waals surface area contributed by atoms with E-state index in [0.29, 0.717) is 11.1 Å². The Morgan fingerprint density at radius 2 is 2.07 bits per heavy atom. The summed E-state index contributed by atoms with van der Waals surface area (Å²) in [6, 6.07) is 1.20. The molecule has 0 amide bonds. The van der Waals surface area contributed by atoms with E-state index in [1.165, 1.54) is 6.07 Å². The van der Waals surface area contributed by atoms with E-state index in [0.717, 1.165) is 0 Å². The summed E-state index contributed by atoms with van der Waals surface area (Å²) in [6.07, 6.45) is -1.80. The molecule has 0 aliphatic rings. The SMILES string of the molecule is Cc1cc(F)c(Cl)c(C(O)C(=O)O)c1C. The highest BCUT2D eigenvalue weighted by Crippen LogP contribution is 2.31. The molecule has 0 aliphatic heterocycles. The Labute approximate surface area is 91.1 Å². The summed E-state index contributed by atoms with van der Waals surface area (Å²) in [5, 5.41) is 17.7. The molecule has 0 heterocycles. The van der Waals surface area contributed by atoms with Crippen LogP contribution in [0.15, 0.2) is 6.07 Å². The van der Waals surface area contributed by atoms with E-state index < -0.39 is 17.9 Å². The first-order valence-corrected chi connectivity index (χ1v) is 4.60. The van der Waals surface area contributed by atoms with Crippen molar-refractivity contribution in [2.45, 2.75) is 20.0 Å². The molecule has 1 aromatic carbocycles. The highest BCUT2D eigenvalue weighted by molar-refractivity contribution is 6.31. The standard InChI is InChI=1S/C10H10ClFO3/c1-4-3-6(12)8(11)7(5(4)2)9(13)10(14)15/h3,9,13H,1-2H3,(H,14,15). The number of carboxylic acids is 1. The van der Waals surface area contributed by atoms with Crippen LogP contribution in [0, 0.1) is 19.7 Å². The quantitative estimate of drug-likeness (QED) is 0.822. The Balaban J connectivity index is 3.45. The molecule has 15 heavy (non-hydrogen) atoms. The second-order valence-electron chi connectivity index (χ2n) is 3.27. The Kier molecular flexibility index (Phi) is 3.31. The van der Waals surface area contributed by atoms with Gasteiger partial charge in [-0.25, -0.2) is 9.18 Å². The van der Waals surface area contributed by atoms with Gasteiger partial charge in [0.05, 0.1) is 5.02 Å². The lowest BCUT2D eigenvalue weighted by atomic mass is 9.98. The van der Waals surface area contributed by atoms with Gasteiger partial charge in [0, 0.05) is 5.56 Å². The molecule has 1 aromatic rings. The minimum atomic E-state index is -1.80. The van der Waals surface area contributed by atoms with Crippen molar-refractivity contribution in [3.8, 4) is 0 Å². The van der Waals surface area contributed by atoms with E-state index in [4.69, 9.17) is 16.7 Å². The highest BCUT2D eigenvalue weighted by Gasteiger charge is 2.24. The molecule has 82 valence electrons. The molecule has 1 unspecified atom stereocenters. The maximum absolute atomic E-state index is 13.2. The molecule has 0 fully saturated rings. The number of hydrogen-bond donors (Lipinski definition) is 2. The lowest BCUT2D eigenvalue weighted by Crippen LogP contribution is -2.13. The molecule has 0 saturated carbocycles. The number of rotatable bonds is 2. The minimum Gasteiger partial charge on any atom is -0.479 e. The van der Waals surface area contributed by atoms with Crippen molar-refractivity contribution in [2.75, 3.05) is 0 Å². The van der Waals surface area contributed by atoms with E-state index in [1.54, 1.807) is 13.8 Å². The molecular formula is C10H10ClFO3. The van der Waals surface area contributed by atoms with E-state index in [-0.39, 0.29) is 10.6 Å². The predicted molar refractivity (Wildman–Crippen MR) is 53.5 cm³/mol. The molecule has 5 heteroatoms. The molecule has 0 bridgehead atoms. The lowest BCUT2D eigenvalue weighted by Gasteiger charge is -2.14. The number of halogens is 2. The molecule has 0 radical (unpaired) electrons. The topological polar surface area (TPSA) is 57.5 Å². The Morgan fingerprint density at radius 3 is 2.53 bits per heavy atom. The first-order chi connectivity index (χ1) is 6.86. The average molecular weight is 233 g/mol. The minimum absolute atomic E-state index is 0.0818. The van der Waals surface area contributed by atoms with Crippen molar-refractivity contribution in [1.82, 2.24) is 0 Å². The number of aliphatic hydroxyl groups excluding tert-OH is 1. The van der Waals surface area contributed by atoms with Gasteiger partial charge in [-0.15, -0.1) is 0 Å². The molecule has 2 N–H and O–H groups in total. The fourth-order valence-corrected chi connectivity index (χ4v) is 1.62. The molecule has 3 nitrogen and oxygen atoms in total. The average Bonchev–Trinajstić information content (AvgIpc) is 2.15. The van der Waals surface area contributed by atoms with Gasteiger partial charge < -0.3 is 10.2 Å². The zero-order chi connectivity index (χ0) is 11.7. The van der Waals surface area contributed by atoms with Crippen LogP contribution in [-0.2, 0) is 4.79 Å². The third kappa shape index (κ3) is 2.11. The fraction of sp³-hybridized carbons (Fsp3) is 0.300. The summed E-state index contributed by atoms with van der Waals surface area (Å²) in [4.78, 5) is 10.6. The van der Waals surface area contributed by atoms with Crippen LogP contribution in [0.3, 0.4) is 0 Å². The lowest BCUT2D eigenvalue weighted by molar-refractivity contribution is -0.147. The largest absolute Gasteiger partial charge is 0.479 e. The van der Waals surface area contributed by atoms with E-state index >= 15 is 0 Å². The van der Waals surface area contributed by atoms with Crippen LogP contribution in [0.25, 0.3) is 0 Å². The van der Waals surface area contributed by atoms with Crippen molar-refractivity contribution >= 4 is 17.6 Å². The number of carbonyl (C=O) groups is 1. The Bertz CT molecular complexity index is 391. The van der Waals surface area contributed by atoms with E-state index in [2.05, 4.69) is 0 Å². The summed E-state index contributed by atoms with van der Waals surface area (Å²) in [7, 11) is 0. The van der Waals surface area contributed by atoms with Crippen molar-refractivity contribution in [3.05, 3.63) is 33.6 Å². The van der Waals surface area contributed by atoms with Crippen LogP contribution in [0.2, 0.25) is 5.02 Å². The molecule has 0 aromatic heterocycles. The zero-order valence-corrected chi connectivity index (χ0v) is 8.97. The van der Waals surface area contributed by atoms with Gasteiger partial charge in [0.15, 0.2) is 6.10 Å². The van der Waals surface area contributed by atoms with Gasteiger partial charge in [-0.05, 0) is 31.0 Å². The van der Waals surface area contributed by atoms with Gasteiger partial charge in [0.1, 0.15) is 5.82 Å². The van der Waals surface area contributed by atoms with Crippen LogP contribution >= 0.6 is 11.6 Å². The summed E-state index contributed by atoms with van der Waals surface area (Å²) in [5.74, 6) is -2.18. The first kappa shape index (κ1) is 11.9. The number of carboxylic acid groups (broad SMARTS) is 1. The van der Waals surface area contributed by atoms with E-state index in [1.807, 2.05) is 0 Å². The second-order valence-corrected chi connectivity index (χ2v) is 3.65. The smallest absolute Gasteiger partial charge is 0.337 e. The Hall–Kier alpha value is -1.13. The van der Waals surface area contributed by atoms with Crippen LogP contribution in [0.4, 0.5) is 4.39 Å². The van der Waals surface area contributed by atoms with Crippen LogP contribution in [-0.4, -0.2) is 16.2 Å². The van der Waals surface area contributed by atoms with Crippen molar-refractivity contribution in [1.29, 1.82) is 0 Å². The molecule has 1 atom stereocenters. The summed E-state index contributed by atoms with van der Waals surface area (Å²) < 4.78 is 13.2. The van der Waals surface area contributed by atoms with Crippen LogP contribution in [0.1, 0.15) is 22.8 Å². The zero-order valence-electron chi connectivity index (χ0n) is 8.21. The van der Waals surface area contributed by atoms with Crippen molar-refractivity contribution in [3.63, 3.8) is 0 Å². The number of aliphatic carboxylic acids is 1. The highest BCUT2D eigenvalue weighted by atomic mass is 35.5. The van der Waals surface area contributed by atoms with Gasteiger partial charge in [-0.1, -0.05) is 11.6 Å². The number of hydrogen-bond acceptors (Lipinski definition) is 2. The number of benzene rings is 1. The third-order valence-electron chi connectivity index (χ3n) is 2.29. The van der Waals surface area contributed by atoms with Gasteiger partial charge in [0.2, 0.25) is 0 Å². The summed E-state index contributed by atoms with van der Waals surface area (Å²) in [6.45, 7) is 3.20. The fourth-order valence-electron chi connectivity index (χ4n) is 1.32. The van der Waals surface area contributed by atoms with Gasteiger partial charge in [-0.3, -0.25) is 0 Å². The predicted octanol–water partition coefficient (Wildman–Crippen LogP) is 2.21. The monoisotopic (exact) mass is 232 g/mol. The normalized spacial score (nSPS) is 12.6. The Morgan fingerprint density at radius 1 is 1.53 bits per heavy atom. The van der Waals surface area contributed by atoms with Crippen molar-refractivity contribution < 1.29 is 19.4 Å². The van der Waals surface area contributed by atoms with Gasteiger partial charge in [-0.2, -0.15) is 0 Å². The molecule has 0 aliphatic carbocycles. The molecule has 0 saturated heterocycles. The third-order valence-corrected chi connectivity index (χ3v) is 2.68. The van der Waals surface area contributed by atoms with E-state index in [9.17, 15) is 14.3 Å². The van der Waals surface area contributed by atoms with Crippen molar-refractivity contribution in [2.24, 2.45) is 0 Å². The summed E-state index contributed by atoms with van der Waals surface area (Å²) >= 11 is 5.61. The molecular weight excluding hydrogens is 223 g/mol. The number of aryl methyl sites for hydroxylation is 1. The molecule has 1 rings (SSSR count). The van der Waals surface area contributed by atoms with Gasteiger partial charge >= 0.3 is 5.97 Å². The maximum Gasteiger partial charge on any atom is 0.337 e. The maximum atomic E-state index is 13.2. The van der Waals surface area contributed by atoms with Crippen LogP contribution in [0.5, 0.6) is 0 Å². The first-order valence-electron chi connectivity index (χ1n) is 4.22. The second kappa shape index (κ2) is 4.16. The summed E-state index contributed by atoms with van der Waals surface area (Å²) in [5.41, 5.74) is 0.949. The van der Waals surface area contributed by atoms with Gasteiger partial charge in [0.25, 0.3) is 0 Å². The van der Waals surface area contributed by atoms with Crippen LogP contribution < -0.4 is 0 Å².